The van der Waals surface area contributed by atoms with Crippen LogP contribution < -0.4 is 20.7 Å². The van der Waals surface area contributed by atoms with Gasteiger partial charge in [-0.25, -0.2) is 14.6 Å². The molecule has 0 radical (unpaired) electrons. The lowest BCUT2D eigenvalue weighted by Crippen LogP contribution is -2.40. The normalized spacial score (nSPS) is 15.4. The van der Waals surface area contributed by atoms with Gasteiger partial charge in [0.2, 0.25) is 0 Å². The molecule has 4 aromatic rings. The van der Waals surface area contributed by atoms with E-state index in [4.69, 9.17) is 14.5 Å². The number of carbonyl (C=O) groups excluding carboxylic acids is 3. The molecule has 9 nitrogen and oxygen atoms in total. The molecule has 0 saturated carbocycles. The van der Waals surface area contributed by atoms with E-state index in [1.807, 2.05) is 18.2 Å². The number of hydrogen-bond donors (Lipinski definition) is 3. The average molecular weight is 643 g/mol. The van der Waals surface area contributed by atoms with Crippen molar-refractivity contribution in [1.82, 2.24) is 15.6 Å². The highest BCUT2D eigenvalue weighted by Crippen LogP contribution is 2.38. The largest absolute Gasteiger partial charge is 0.444 e. The minimum atomic E-state index is -0.679. The van der Waals surface area contributed by atoms with Gasteiger partial charge in [-0.05, 0) is 98.9 Å². The van der Waals surface area contributed by atoms with Crippen molar-refractivity contribution >= 4 is 45.3 Å². The van der Waals surface area contributed by atoms with Crippen LogP contribution in [0.4, 0.5) is 15.3 Å². The molecule has 2 heterocycles. The number of aryl methyl sites for hydroxylation is 1. The van der Waals surface area contributed by atoms with E-state index in [0.29, 0.717) is 27.8 Å². The van der Waals surface area contributed by atoms with E-state index in [0.717, 1.165) is 35.2 Å². The van der Waals surface area contributed by atoms with E-state index in [1.54, 1.807) is 63.2 Å². The maximum Gasteiger partial charge on any atom is 0.417 e. The van der Waals surface area contributed by atoms with Crippen molar-refractivity contribution in [3.8, 4) is 5.75 Å². The average Bonchev–Trinajstić information content (AvgIpc) is 3.40. The van der Waals surface area contributed by atoms with Gasteiger partial charge in [-0.15, -0.1) is 11.3 Å². The standard InChI is InChI=1S/C36H42N4O5S/c1-35(2,3)25-15-16-28-23(18-25)17-24-20-30(46-32(24)40-28)31(41)39-29(21-37-33(42)45-36(4,5)6)22-11-10-12-26(19-22)38-34(43)44-27-13-8-7-9-14-27/h7-14,17,19-20,25,29H,15-16,18,21H2,1-6H3,(H,37,42)(H,38,43)(H,39,41)/t25?,29-/m1/s1. The lowest BCUT2D eigenvalue weighted by molar-refractivity contribution is 0.0520. The molecule has 10 heteroatoms. The zero-order valence-corrected chi connectivity index (χ0v) is 28.0. The molecule has 0 spiro atoms. The maximum atomic E-state index is 13.7. The quantitative estimate of drug-likeness (QED) is 0.188. The number of alkyl carbamates (subject to hydrolysis) is 1. The van der Waals surface area contributed by atoms with Gasteiger partial charge in [0.15, 0.2) is 0 Å². The van der Waals surface area contributed by atoms with E-state index >= 15 is 0 Å². The molecule has 0 saturated heterocycles. The number of hydrogen-bond acceptors (Lipinski definition) is 7. The minimum Gasteiger partial charge on any atom is -0.444 e. The zero-order chi connectivity index (χ0) is 33.1. The van der Waals surface area contributed by atoms with Crippen LogP contribution in [0.15, 0.2) is 66.7 Å². The first kappa shape index (κ1) is 32.9. The maximum absolute atomic E-state index is 13.7. The second-order valence-corrected chi connectivity index (χ2v) is 14.8. The Morgan fingerprint density at radius 2 is 1.72 bits per heavy atom. The number of thiophene rings is 1. The van der Waals surface area contributed by atoms with Gasteiger partial charge in [0.1, 0.15) is 16.2 Å². The van der Waals surface area contributed by atoms with Gasteiger partial charge < -0.3 is 20.1 Å². The molecule has 0 aliphatic heterocycles. The molecule has 3 amide bonds. The third-order valence-electron chi connectivity index (χ3n) is 7.97. The zero-order valence-electron chi connectivity index (χ0n) is 27.2. The molecular weight excluding hydrogens is 600 g/mol. The summed E-state index contributed by atoms with van der Waals surface area (Å²) in [5.41, 5.74) is 3.07. The molecule has 0 bridgehead atoms. The van der Waals surface area contributed by atoms with Crippen LogP contribution in [0.1, 0.15) is 80.5 Å². The number of nitrogens with one attached hydrogen (secondary N) is 3. The van der Waals surface area contributed by atoms with Crippen molar-refractivity contribution in [2.24, 2.45) is 11.3 Å². The Bertz CT molecular complexity index is 1720. The summed E-state index contributed by atoms with van der Waals surface area (Å²) in [4.78, 5) is 45.1. The van der Waals surface area contributed by atoms with E-state index in [2.05, 4.69) is 42.8 Å². The van der Waals surface area contributed by atoms with Gasteiger partial charge in [-0.2, -0.15) is 0 Å². The van der Waals surface area contributed by atoms with Crippen molar-refractivity contribution in [2.75, 3.05) is 11.9 Å². The summed E-state index contributed by atoms with van der Waals surface area (Å²) in [5.74, 6) is 0.714. The Morgan fingerprint density at radius 1 is 0.957 bits per heavy atom. The number of para-hydroxylation sites is 1. The molecule has 2 aromatic heterocycles. The number of carbonyl (C=O) groups is 3. The Hall–Kier alpha value is -4.44. The minimum absolute atomic E-state index is 0.0597. The molecule has 46 heavy (non-hydrogen) atoms. The van der Waals surface area contributed by atoms with E-state index in [-0.39, 0.29) is 17.9 Å². The Morgan fingerprint density at radius 3 is 2.43 bits per heavy atom. The Labute approximate surface area is 274 Å². The molecule has 242 valence electrons. The van der Waals surface area contributed by atoms with Crippen molar-refractivity contribution in [2.45, 2.75) is 72.4 Å². The van der Waals surface area contributed by atoms with Crippen LogP contribution in [0.3, 0.4) is 0 Å². The number of ether oxygens (including phenoxy) is 2. The van der Waals surface area contributed by atoms with Gasteiger partial charge in [-0.3, -0.25) is 10.1 Å². The fourth-order valence-electron chi connectivity index (χ4n) is 5.53. The highest BCUT2D eigenvalue weighted by atomic mass is 32.1. The number of benzene rings is 2. The van der Waals surface area contributed by atoms with Crippen molar-refractivity contribution < 1.29 is 23.9 Å². The lowest BCUT2D eigenvalue weighted by Gasteiger charge is -2.34. The SMILES string of the molecule is CC(C)(C)OC(=O)NC[C@@H](NC(=O)c1cc2cc3c(nc2s1)CCC(C(C)(C)C)C3)c1cccc(NC(=O)Oc2ccccc2)c1. The summed E-state index contributed by atoms with van der Waals surface area (Å²) in [6.07, 6.45) is 1.79. The first-order valence-electron chi connectivity index (χ1n) is 15.6. The number of nitrogens with zero attached hydrogens (tertiary/aromatic N) is 1. The third kappa shape index (κ3) is 8.63. The molecule has 1 unspecified atom stereocenters. The molecule has 0 fully saturated rings. The fourth-order valence-corrected chi connectivity index (χ4v) is 6.47. The van der Waals surface area contributed by atoms with Crippen LogP contribution >= 0.6 is 11.3 Å². The van der Waals surface area contributed by atoms with Crippen LogP contribution in [0.25, 0.3) is 10.2 Å². The molecule has 3 N–H and O–H groups in total. The smallest absolute Gasteiger partial charge is 0.417 e. The van der Waals surface area contributed by atoms with Gasteiger partial charge in [0, 0.05) is 23.3 Å². The first-order valence-corrected chi connectivity index (χ1v) is 16.4. The number of rotatable bonds is 7. The highest BCUT2D eigenvalue weighted by molar-refractivity contribution is 7.20. The van der Waals surface area contributed by atoms with E-state index in [9.17, 15) is 14.4 Å². The molecule has 1 aliphatic rings. The Balaban J connectivity index is 1.35. The summed E-state index contributed by atoms with van der Waals surface area (Å²) >= 11 is 1.36. The topological polar surface area (TPSA) is 119 Å². The van der Waals surface area contributed by atoms with Crippen LogP contribution in [0, 0.1) is 11.3 Å². The van der Waals surface area contributed by atoms with Gasteiger partial charge >= 0.3 is 12.2 Å². The van der Waals surface area contributed by atoms with E-state index in [1.165, 1.54) is 16.9 Å². The summed E-state index contributed by atoms with van der Waals surface area (Å²) in [5, 5.41) is 9.53. The summed E-state index contributed by atoms with van der Waals surface area (Å²) < 4.78 is 10.8. The van der Waals surface area contributed by atoms with Crippen molar-refractivity contribution in [3.63, 3.8) is 0 Å². The molecule has 1 aliphatic carbocycles. The summed E-state index contributed by atoms with van der Waals surface area (Å²) in [7, 11) is 0. The van der Waals surface area contributed by atoms with Gasteiger partial charge in [0.05, 0.1) is 10.9 Å². The predicted octanol–water partition coefficient (Wildman–Crippen LogP) is 8.05. The fraction of sp³-hybridized carbons (Fsp3) is 0.389. The first-order chi connectivity index (χ1) is 21.7. The highest BCUT2D eigenvalue weighted by Gasteiger charge is 2.30. The predicted molar refractivity (Wildman–Crippen MR) is 182 cm³/mol. The monoisotopic (exact) mass is 642 g/mol. The number of anilines is 1. The van der Waals surface area contributed by atoms with Crippen molar-refractivity contribution in [1.29, 1.82) is 0 Å². The number of fused-ring (bicyclic) bond motifs is 2. The second kappa shape index (κ2) is 13.5. The van der Waals surface area contributed by atoms with Crippen molar-refractivity contribution in [3.05, 3.63) is 88.4 Å². The van der Waals surface area contributed by atoms with Crippen LogP contribution in [-0.2, 0) is 17.6 Å². The number of pyridine rings is 1. The third-order valence-corrected chi connectivity index (χ3v) is 9.01. The molecular formula is C36H42N4O5S. The second-order valence-electron chi connectivity index (χ2n) is 13.8. The van der Waals surface area contributed by atoms with Crippen LogP contribution in [0.5, 0.6) is 5.75 Å². The summed E-state index contributed by atoms with van der Waals surface area (Å²) in [6, 6.07) is 19.2. The van der Waals surface area contributed by atoms with Crippen LogP contribution in [-0.4, -0.2) is 35.2 Å². The van der Waals surface area contributed by atoms with Gasteiger partial charge in [0.25, 0.3) is 5.91 Å². The lowest BCUT2D eigenvalue weighted by atomic mass is 9.71. The Kier molecular flexibility index (Phi) is 9.67. The summed E-state index contributed by atoms with van der Waals surface area (Å²) in [6.45, 7) is 12.3. The molecule has 2 atom stereocenters. The molecule has 5 rings (SSSR count). The van der Waals surface area contributed by atoms with E-state index < -0.39 is 23.8 Å². The van der Waals surface area contributed by atoms with Gasteiger partial charge in [-0.1, -0.05) is 51.1 Å². The molecule has 2 aromatic carbocycles. The van der Waals surface area contributed by atoms with Crippen LogP contribution in [0.2, 0.25) is 0 Å². The number of aromatic nitrogens is 1. The number of amides is 3.